The van der Waals surface area contributed by atoms with Gasteiger partial charge in [-0.25, -0.2) is 19.5 Å². The van der Waals surface area contributed by atoms with Crippen LogP contribution in [0, 0.1) is 6.92 Å². The molecule has 0 amide bonds. The van der Waals surface area contributed by atoms with Gasteiger partial charge in [-0.2, -0.15) is 0 Å². The van der Waals surface area contributed by atoms with E-state index in [9.17, 15) is 0 Å². The number of nitrogens with one attached hydrogen (secondary N) is 1. The summed E-state index contributed by atoms with van der Waals surface area (Å²) in [6, 6.07) is 5.49. The Labute approximate surface area is 136 Å². The Kier molecular flexibility index (Phi) is 2.24. The molecule has 0 spiro atoms. The van der Waals surface area contributed by atoms with Crippen molar-refractivity contribution in [3.05, 3.63) is 42.4 Å². The van der Waals surface area contributed by atoms with Crippen molar-refractivity contribution in [3.8, 4) is 11.4 Å². The predicted octanol–water partition coefficient (Wildman–Crippen LogP) is 2.27. The van der Waals surface area contributed by atoms with Gasteiger partial charge in [0.1, 0.15) is 11.6 Å². The Hall–Kier alpha value is -3.22. The number of nitrogens with zero attached hydrogens (tertiary/aromatic N) is 5. The van der Waals surface area contributed by atoms with E-state index in [0.29, 0.717) is 33.6 Å². The highest BCUT2D eigenvalue weighted by molar-refractivity contribution is 6.01. The van der Waals surface area contributed by atoms with Crippen molar-refractivity contribution in [2.45, 2.75) is 6.92 Å². The zero-order chi connectivity index (χ0) is 18.5. The highest BCUT2D eigenvalue weighted by Gasteiger charge is 2.14. The number of anilines is 2. The third kappa shape index (κ3) is 2.13. The SMILES string of the molecule is [2H]C([2H])([2H])Nc1ncc(-c2nc3ccc(C)cn3n2)c2cc(N)ncc12. The van der Waals surface area contributed by atoms with Crippen LogP contribution in [0.3, 0.4) is 0 Å². The van der Waals surface area contributed by atoms with Crippen LogP contribution in [0.2, 0.25) is 0 Å². The van der Waals surface area contributed by atoms with Crippen molar-refractivity contribution < 1.29 is 4.11 Å². The van der Waals surface area contributed by atoms with Gasteiger partial charge in [0.2, 0.25) is 0 Å². The zero-order valence-corrected chi connectivity index (χ0v) is 12.3. The molecular weight excluding hydrogens is 290 g/mol. The number of pyridine rings is 3. The number of nitrogen functional groups attached to an aromatic ring is 1. The Bertz CT molecular complexity index is 1130. The summed E-state index contributed by atoms with van der Waals surface area (Å²) >= 11 is 0. The summed E-state index contributed by atoms with van der Waals surface area (Å²) in [6.07, 6.45) is 4.91. The van der Waals surface area contributed by atoms with Gasteiger partial charge in [-0.05, 0) is 24.6 Å². The second-order valence-corrected chi connectivity index (χ2v) is 5.24. The number of fused-ring (bicyclic) bond motifs is 2. The third-order valence-electron chi connectivity index (χ3n) is 3.63. The van der Waals surface area contributed by atoms with Crippen LogP contribution in [0.25, 0.3) is 27.8 Å². The van der Waals surface area contributed by atoms with Crippen molar-refractivity contribution in [2.75, 3.05) is 18.0 Å². The topological polar surface area (TPSA) is 94.0 Å². The van der Waals surface area contributed by atoms with E-state index in [2.05, 4.69) is 25.4 Å². The van der Waals surface area contributed by atoms with Gasteiger partial charge in [0.05, 0.1) is 0 Å². The molecule has 0 saturated carbocycles. The lowest BCUT2D eigenvalue weighted by molar-refractivity contribution is 0.956. The number of hydrogen-bond acceptors (Lipinski definition) is 6. The van der Waals surface area contributed by atoms with Crippen molar-refractivity contribution in [1.29, 1.82) is 0 Å². The Morgan fingerprint density at radius 3 is 3.00 bits per heavy atom. The minimum atomic E-state index is -2.37. The average Bonchev–Trinajstić information content (AvgIpc) is 2.96. The molecule has 0 bridgehead atoms. The first-order valence-corrected chi connectivity index (χ1v) is 6.96. The van der Waals surface area contributed by atoms with Crippen LogP contribution >= 0.6 is 0 Å². The summed E-state index contributed by atoms with van der Waals surface area (Å²) in [6.45, 7) is -0.402. The van der Waals surface area contributed by atoms with Crippen molar-refractivity contribution in [2.24, 2.45) is 0 Å². The summed E-state index contributed by atoms with van der Waals surface area (Å²) in [5, 5.41) is 8.12. The monoisotopic (exact) mass is 308 g/mol. The normalized spacial score (nSPS) is 13.7. The fraction of sp³-hybridized carbons (Fsp3) is 0.125. The Balaban J connectivity index is 1.94. The van der Waals surface area contributed by atoms with E-state index in [4.69, 9.17) is 9.85 Å². The molecule has 4 aromatic rings. The molecule has 4 aromatic heterocycles. The summed E-state index contributed by atoms with van der Waals surface area (Å²) in [7, 11) is 0. The minimum absolute atomic E-state index is 0.204. The zero-order valence-electron chi connectivity index (χ0n) is 15.3. The molecule has 23 heavy (non-hydrogen) atoms. The molecule has 0 saturated heterocycles. The van der Waals surface area contributed by atoms with E-state index in [1.807, 2.05) is 25.3 Å². The summed E-state index contributed by atoms with van der Waals surface area (Å²) in [5.74, 6) is 0.986. The van der Waals surface area contributed by atoms with Crippen LogP contribution in [0.4, 0.5) is 11.6 Å². The molecule has 0 atom stereocenters. The second-order valence-electron chi connectivity index (χ2n) is 5.24. The Morgan fingerprint density at radius 1 is 1.22 bits per heavy atom. The molecule has 0 aliphatic rings. The van der Waals surface area contributed by atoms with E-state index in [0.717, 1.165) is 5.56 Å². The maximum absolute atomic E-state index is 7.41. The molecule has 114 valence electrons. The predicted molar refractivity (Wildman–Crippen MR) is 90.2 cm³/mol. The van der Waals surface area contributed by atoms with Crippen LogP contribution in [-0.2, 0) is 0 Å². The van der Waals surface area contributed by atoms with Gasteiger partial charge in [-0.3, -0.25) is 0 Å². The molecule has 4 heterocycles. The molecule has 0 aromatic carbocycles. The number of rotatable bonds is 2. The molecule has 0 aliphatic carbocycles. The van der Waals surface area contributed by atoms with Gasteiger partial charge in [0.15, 0.2) is 11.5 Å². The summed E-state index contributed by atoms with van der Waals surface area (Å²) in [4.78, 5) is 12.8. The van der Waals surface area contributed by atoms with E-state index in [1.165, 1.54) is 12.4 Å². The van der Waals surface area contributed by atoms with E-state index < -0.39 is 6.98 Å². The van der Waals surface area contributed by atoms with Crippen molar-refractivity contribution >= 4 is 28.1 Å². The standard InChI is InChI=1S/C16H15N7/c1-9-3-4-14-21-16(22-23(14)8-9)12-7-20-15(18-2)11-6-19-13(17)5-10(11)12/h3-8H,1-2H3,(H2,17,19)(H,18,20)/i2D3. The average molecular weight is 308 g/mol. The lowest BCUT2D eigenvalue weighted by Gasteiger charge is -2.08. The fourth-order valence-electron chi connectivity index (χ4n) is 2.53. The van der Waals surface area contributed by atoms with Crippen LogP contribution in [0.1, 0.15) is 9.68 Å². The van der Waals surface area contributed by atoms with Crippen LogP contribution < -0.4 is 11.1 Å². The van der Waals surface area contributed by atoms with E-state index >= 15 is 0 Å². The molecule has 0 unspecified atom stereocenters. The quantitative estimate of drug-likeness (QED) is 0.590. The van der Waals surface area contributed by atoms with Gasteiger partial charge in [0, 0.05) is 46.0 Å². The molecule has 3 N–H and O–H groups in total. The lowest BCUT2D eigenvalue weighted by Crippen LogP contribution is -1.98. The van der Waals surface area contributed by atoms with Gasteiger partial charge < -0.3 is 11.1 Å². The second kappa shape index (κ2) is 4.91. The highest BCUT2D eigenvalue weighted by atomic mass is 15.3. The number of hydrogen-bond donors (Lipinski definition) is 2. The first kappa shape index (κ1) is 10.5. The lowest BCUT2D eigenvalue weighted by atomic mass is 10.1. The first-order chi connectivity index (χ1) is 12.3. The van der Waals surface area contributed by atoms with Crippen LogP contribution in [0.5, 0.6) is 0 Å². The number of nitrogens with two attached hydrogens (primary N) is 1. The minimum Gasteiger partial charge on any atom is -0.384 e. The van der Waals surface area contributed by atoms with Crippen molar-refractivity contribution in [3.63, 3.8) is 0 Å². The van der Waals surface area contributed by atoms with E-state index in [-0.39, 0.29) is 5.82 Å². The van der Waals surface area contributed by atoms with Crippen LogP contribution in [0.15, 0.2) is 36.8 Å². The molecule has 4 rings (SSSR count). The molecule has 7 nitrogen and oxygen atoms in total. The van der Waals surface area contributed by atoms with Gasteiger partial charge in [-0.15, -0.1) is 5.10 Å². The third-order valence-corrected chi connectivity index (χ3v) is 3.63. The molecule has 0 fully saturated rings. The van der Waals surface area contributed by atoms with Crippen LogP contribution in [-0.4, -0.2) is 31.5 Å². The van der Waals surface area contributed by atoms with E-state index in [1.54, 1.807) is 10.6 Å². The summed E-state index contributed by atoms with van der Waals surface area (Å²) in [5.41, 5.74) is 8.24. The number of aromatic nitrogens is 5. The maximum atomic E-state index is 7.41. The fourth-order valence-corrected chi connectivity index (χ4v) is 2.53. The van der Waals surface area contributed by atoms with Gasteiger partial charge >= 0.3 is 0 Å². The molecule has 7 heteroatoms. The molecular formula is C16H15N7. The smallest absolute Gasteiger partial charge is 0.184 e. The van der Waals surface area contributed by atoms with Gasteiger partial charge in [-0.1, -0.05) is 6.07 Å². The highest BCUT2D eigenvalue weighted by Crippen LogP contribution is 2.30. The first-order valence-electron chi connectivity index (χ1n) is 8.46. The maximum Gasteiger partial charge on any atom is 0.184 e. The number of aryl methyl sites for hydroxylation is 1. The molecule has 0 radical (unpaired) electrons. The van der Waals surface area contributed by atoms with Gasteiger partial charge in [0.25, 0.3) is 0 Å². The molecule has 0 aliphatic heterocycles. The Morgan fingerprint density at radius 2 is 2.13 bits per heavy atom. The van der Waals surface area contributed by atoms with Crippen molar-refractivity contribution in [1.82, 2.24) is 24.6 Å². The summed E-state index contributed by atoms with van der Waals surface area (Å²) < 4.78 is 23.9. The largest absolute Gasteiger partial charge is 0.384 e.